The molecule has 0 bridgehead atoms. The Bertz CT molecular complexity index is 584. The van der Waals surface area contributed by atoms with Gasteiger partial charge in [0.1, 0.15) is 11.4 Å². The van der Waals surface area contributed by atoms with E-state index in [0.29, 0.717) is 0 Å². The summed E-state index contributed by atoms with van der Waals surface area (Å²) in [5, 5.41) is 9.16. The van der Waals surface area contributed by atoms with Crippen molar-refractivity contribution in [2.75, 3.05) is 0 Å². The molecule has 2 nitrogen and oxygen atoms in total. The predicted molar refractivity (Wildman–Crippen MR) is 61.3 cm³/mol. The van der Waals surface area contributed by atoms with Gasteiger partial charge in [0.2, 0.25) is 0 Å². The van der Waals surface area contributed by atoms with Crippen LogP contribution in [0.25, 0.3) is 11.3 Å². The maximum absolute atomic E-state index is 12.7. The SMILES string of the molecule is Oc1cccnc1-c1ccc(Cl)c(C(F)(F)F)c1. The summed E-state index contributed by atoms with van der Waals surface area (Å²) in [5.74, 6) is -0.187. The van der Waals surface area contributed by atoms with Crippen LogP contribution < -0.4 is 0 Å². The molecular weight excluding hydrogens is 267 g/mol. The van der Waals surface area contributed by atoms with E-state index in [-0.39, 0.29) is 22.0 Å². The Hall–Kier alpha value is -1.75. The standard InChI is InChI=1S/C12H7ClF3NO/c13-9-4-3-7(6-8(9)12(14,15)16)11-10(18)2-1-5-17-11/h1-6,18H. The van der Waals surface area contributed by atoms with Gasteiger partial charge >= 0.3 is 6.18 Å². The van der Waals surface area contributed by atoms with Crippen molar-refractivity contribution < 1.29 is 18.3 Å². The lowest BCUT2D eigenvalue weighted by Gasteiger charge is -2.11. The van der Waals surface area contributed by atoms with Crippen LogP contribution in [0.5, 0.6) is 5.75 Å². The molecule has 1 aromatic carbocycles. The van der Waals surface area contributed by atoms with Crippen LogP contribution in [0.4, 0.5) is 13.2 Å². The Morgan fingerprint density at radius 3 is 2.50 bits per heavy atom. The van der Waals surface area contributed by atoms with Crippen LogP contribution in [0.2, 0.25) is 5.02 Å². The normalized spacial score (nSPS) is 11.6. The average Bonchev–Trinajstić information content (AvgIpc) is 2.29. The van der Waals surface area contributed by atoms with E-state index in [4.69, 9.17) is 11.6 Å². The first kappa shape index (κ1) is 12.7. The monoisotopic (exact) mass is 273 g/mol. The van der Waals surface area contributed by atoms with Crippen LogP contribution in [-0.4, -0.2) is 10.1 Å². The number of nitrogens with zero attached hydrogens (tertiary/aromatic N) is 1. The van der Waals surface area contributed by atoms with Crippen LogP contribution in [-0.2, 0) is 6.18 Å². The zero-order valence-corrected chi connectivity index (χ0v) is 9.63. The van der Waals surface area contributed by atoms with Crippen molar-refractivity contribution in [1.82, 2.24) is 4.98 Å². The number of halogens is 4. The van der Waals surface area contributed by atoms with Gasteiger partial charge in [0.25, 0.3) is 0 Å². The van der Waals surface area contributed by atoms with Gasteiger partial charge in [-0.15, -0.1) is 0 Å². The summed E-state index contributed by atoms with van der Waals surface area (Å²) in [6, 6.07) is 6.21. The zero-order valence-electron chi connectivity index (χ0n) is 8.87. The molecule has 0 amide bonds. The first-order chi connectivity index (χ1) is 8.39. The first-order valence-electron chi connectivity index (χ1n) is 4.90. The zero-order chi connectivity index (χ0) is 13.3. The summed E-state index contributed by atoms with van der Waals surface area (Å²) in [6.45, 7) is 0. The summed E-state index contributed by atoms with van der Waals surface area (Å²) in [6.07, 6.45) is -3.16. The average molecular weight is 274 g/mol. The highest BCUT2D eigenvalue weighted by Gasteiger charge is 2.33. The molecule has 0 aliphatic carbocycles. The van der Waals surface area contributed by atoms with Crippen molar-refractivity contribution in [3.8, 4) is 17.0 Å². The number of hydrogen-bond donors (Lipinski definition) is 1. The number of hydrogen-bond acceptors (Lipinski definition) is 2. The summed E-state index contributed by atoms with van der Waals surface area (Å²) in [5.41, 5.74) is -0.712. The quantitative estimate of drug-likeness (QED) is 0.847. The fourth-order valence-electron chi connectivity index (χ4n) is 1.51. The van der Waals surface area contributed by atoms with Crippen LogP contribution in [0.1, 0.15) is 5.56 Å². The fraction of sp³-hybridized carbons (Fsp3) is 0.0833. The van der Waals surface area contributed by atoms with Gasteiger partial charge in [-0.2, -0.15) is 13.2 Å². The minimum absolute atomic E-state index is 0.0830. The van der Waals surface area contributed by atoms with Crippen LogP contribution in [0.3, 0.4) is 0 Å². The molecule has 0 fully saturated rings. The molecule has 0 aliphatic rings. The molecule has 2 rings (SSSR count). The van der Waals surface area contributed by atoms with Gasteiger partial charge < -0.3 is 5.11 Å². The number of pyridine rings is 1. The van der Waals surface area contributed by atoms with E-state index < -0.39 is 11.7 Å². The van der Waals surface area contributed by atoms with E-state index in [9.17, 15) is 18.3 Å². The Morgan fingerprint density at radius 1 is 1.17 bits per heavy atom. The molecule has 0 atom stereocenters. The van der Waals surface area contributed by atoms with Gasteiger partial charge in [0.15, 0.2) is 0 Å². The third-order valence-corrected chi connectivity index (χ3v) is 2.66. The van der Waals surface area contributed by atoms with Crippen LogP contribution in [0, 0.1) is 0 Å². The number of aromatic hydroxyl groups is 1. The molecule has 18 heavy (non-hydrogen) atoms. The molecular formula is C12H7ClF3NO. The minimum atomic E-state index is -4.54. The fourth-order valence-corrected chi connectivity index (χ4v) is 1.73. The summed E-state index contributed by atoms with van der Waals surface area (Å²) in [4.78, 5) is 3.84. The molecule has 1 heterocycles. The smallest absolute Gasteiger partial charge is 0.417 e. The second-order valence-corrected chi connectivity index (χ2v) is 3.97. The highest BCUT2D eigenvalue weighted by atomic mass is 35.5. The van der Waals surface area contributed by atoms with Gasteiger partial charge in [0.05, 0.1) is 10.6 Å². The molecule has 0 saturated heterocycles. The number of aromatic nitrogens is 1. The summed E-state index contributed by atoms with van der Waals surface area (Å²) in [7, 11) is 0. The molecule has 0 saturated carbocycles. The Kier molecular flexibility index (Phi) is 3.17. The van der Waals surface area contributed by atoms with Crippen molar-refractivity contribution >= 4 is 11.6 Å². The highest BCUT2D eigenvalue weighted by molar-refractivity contribution is 6.31. The number of benzene rings is 1. The Labute approximate surface area is 106 Å². The van der Waals surface area contributed by atoms with Gasteiger partial charge in [-0.1, -0.05) is 17.7 Å². The van der Waals surface area contributed by atoms with Crippen molar-refractivity contribution in [3.05, 3.63) is 47.1 Å². The van der Waals surface area contributed by atoms with E-state index in [2.05, 4.69) is 4.98 Å². The number of rotatable bonds is 1. The van der Waals surface area contributed by atoms with Crippen molar-refractivity contribution in [2.24, 2.45) is 0 Å². The van der Waals surface area contributed by atoms with E-state index in [1.54, 1.807) is 0 Å². The lowest BCUT2D eigenvalue weighted by molar-refractivity contribution is -0.137. The van der Waals surface area contributed by atoms with E-state index in [1.165, 1.54) is 24.4 Å². The van der Waals surface area contributed by atoms with Crippen LogP contribution in [0.15, 0.2) is 36.5 Å². The molecule has 1 aromatic heterocycles. The Balaban J connectivity index is 2.58. The summed E-state index contributed by atoms with van der Waals surface area (Å²) < 4.78 is 38.0. The molecule has 0 unspecified atom stereocenters. The molecule has 6 heteroatoms. The van der Waals surface area contributed by atoms with Crippen molar-refractivity contribution in [1.29, 1.82) is 0 Å². The maximum Gasteiger partial charge on any atom is 0.417 e. The second-order valence-electron chi connectivity index (χ2n) is 3.56. The Morgan fingerprint density at radius 2 is 1.89 bits per heavy atom. The molecule has 0 spiro atoms. The maximum atomic E-state index is 12.7. The van der Waals surface area contributed by atoms with E-state index in [0.717, 1.165) is 12.1 Å². The lowest BCUT2D eigenvalue weighted by Crippen LogP contribution is -2.06. The minimum Gasteiger partial charge on any atom is -0.506 e. The second kappa shape index (κ2) is 4.49. The molecule has 0 aliphatic heterocycles. The topological polar surface area (TPSA) is 33.1 Å². The molecule has 1 N–H and O–H groups in total. The highest BCUT2D eigenvalue weighted by Crippen LogP contribution is 2.38. The third-order valence-electron chi connectivity index (χ3n) is 2.33. The largest absolute Gasteiger partial charge is 0.506 e. The summed E-state index contributed by atoms with van der Waals surface area (Å²) >= 11 is 5.51. The molecule has 2 aromatic rings. The first-order valence-corrected chi connectivity index (χ1v) is 5.28. The van der Waals surface area contributed by atoms with Crippen molar-refractivity contribution in [3.63, 3.8) is 0 Å². The van der Waals surface area contributed by atoms with Gasteiger partial charge in [-0.25, -0.2) is 0 Å². The van der Waals surface area contributed by atoms with Crippen molar-refractivity contribution in [2.45, 2.75) is 6.18 Å². The molecule has 94 valence electrons. The van der Waals surface area contributed by atoms with Gasteiger partial charge in [-0.05, 0) is 24.3 Å². The van der Waals surface area contributed by atoms with E-state index in [1.807, 2.05) is 0 Å². The van der Waals surface area contributed by atoms with E-state index >= 15 is 0 Å². The number of alkyl halides is 3. The predicted octanol–water partition coefficient (Wildman–Crippen LogP) is 4.13. The van der Waals surface area contributed by atoms with Gasteiger partial charge in [-0.3, -0.25) is 4.98 Å². The van der Waals surface area contributed by atoms with Gasteiger partial charge in [0, 0.05) is 11.8 Å². The molecule has 0 radical (unpaired) electrons. The third kappa shape index (κ3) is 2.41. The lowest BCUT2D eigenvalue weighted by atomic mass is 10.1. The van der Waals surface area contributed by atoms with Crippen LogP contribution >= 0.6 is 11.6 Å².